The second kappa shape index (κ2) is 15.3. The maximum Gasteiger partial charge on any atom is 0.286 e. The molecule has 0 radical (unpaired) electrons. The summed E-state index contributed by atoms with van der Waals surface area (Å²) in [5.74, 6) is -2.60. The topological polar surface area (TPSA) is 149 Å². The molecule has 2 unspecified atom stereocenters. The van der Waals surface area contributed by atoms with Crippen LogP contribution in [0.25, 0.3) is 0 Å². The van der Waals surface area contributed by atoms with Crippen molar-refractivity contribution in [3.05, 3.63) is 0 Å². The van der Waals surface area contributed by atoms with Crippen molar-refractivity contribution in [2.45, 2.75) is 103 Å². The fourth-order valence-electron chi connectivity index (χ4n) is 5.18. The third-order valence-corrected chi connectivity index (χ3v) is 7.05. The fraction of sp³-hybridized carbons (Fsp3) is 0.800. The van der Waals surface area contributed by atoms with Crippen LogP contribution in [0.2, 0.25) is 0 Å². The molecule has 2 rings (SSSR count). The monoisotopic (exact) mass is 509 g/mol. The van der Waals surface area contributed by atoms with Crippen LogP contribution in [-0.4, -0.2) is 48.4 Å². The zero-order valence-electron chi connectivity index (χ0n) is 21.3. The van der Waals surface area contributed by atoms with Gasteiger partial charge in [0.1, 0.15) is 18.2 Å². The number of ether oxygens (including phenoxy) is 1. The van der Waals surface area contributed by atoms with Crippen LogP contribution >= 0.6 is 0 Å². The van der Waals surface area contributed by atoms with Gasteiger partial charge in [0.25, 0.3) is 12.2 Å². The normalized spacial score (nSPS) is 22.0. The SMILES string of the molecule is CC(C)C[C@H](NC(=O)CNC(=O)[C@H](CC1CCCCC1)NC(=O)C1CCCCC1OC#N)C(=O)NF. The summed E-state index contributed by atoms with van der Waals surface area (Å²) in [6.45, 7) is 3.26. The highest BCUT2D eigenvalue weighted by atomic mass is 19.2. The Labute approximate surface area is 212 Å². The Hall–Kier alpha value is -2.90. The quantitative estimate of drug-likeness (QED) is 0.234. The van der Waals surface area contributed by atoms with Gasteiger partial charge >= 0.3 is 0 Å². The van der Waals surface area contributed by atoms with Gasteiger partial charge in [0.2, 0.25) is 17.7 Å². The molecule has 0 spiro atoms. The van der Waals surface area contributed by atoms with E-state index in [2.05, 4.69) is 16.0 Å². The molecule has 4 amide bonds. The summed E-state index contributed by atoms with van der Waals surface area (Å²) in [5.41, 5.74) is 1.05. The summed E-state index contributed by atoms with van der Waals surface area (Å²) in [4.78, 5) is 50.3. The van der Waals surface area contributed by atoms with E-state index in [0.717, 1.165) is 50.5 Å². The number of halogens is 1. The lowest BCUT2D eigenvalue weighted by Crippen LogP contribution is -2.54. The van der Waals surface area contributed by atoms with Crippen molar-refractivity contribution < 1.29 is 28.4 Å². The lowest BCUT2D eigenvalue weighted by atomic mass is 9.83. The maximum absolute atomic E-state index is 13.1. The zero-order valence-corrected chi connectivity index (χ0v) is 21.3. The molecular weight excluding hydrogens is 469 g/mol. The van der Waals surface area contributed by atoms with E-state index in [1.165, 1.54) is 0 Å². The van der Waals surface area contributed by atoms with E-state index in [1.54, 1.807) is 6.26 Å². The van der Waals surface area contributed by atoms with Crippen LogP contribution in [0.15, 0.2) is 0 Å². The summed E-state index contributed by atoms with van der Waals surface area (Å²) in [6.07, 6.45) is 10.0. The number of amides is 4. The van der Waals surface area contributed by atoms with E-state index in [-0.39, 0.29) is 24.2 Å². The Morgan fingerprint density at radius 3 is 2.25 bits per heavy atom. The van der Waals surface area contributed by atoms with Crippen LogP contribution in [0.3, 0.4) is 0 Å². The van der Waals surface area contributed by atoms with Gasteiger partial charge in [-0.15, -0.1) is 4.48 Å². The number of nitriles is 1. The van der Waals surface area contributed by atoms with Gasteiger partial charge in [-0.1, -0.05) is 52.4 Å². The second-order valence-corrected chi connectivity index (χ2v) is 10.4. The first-order valence-electron chi connectivity index (χ1n) is 13.1. The van der Waals surface area contributed by atoms with E-state index < -0.39 is 48.4 Å². The smallest absolute Gasteiger partial charge is 0.286 e. The van der Waals surface area contributed by atoms with Crippen LogP contribution < -0.4 is 21.5 Å². The van der Waals surface area contributed by atoms with Crippen molar-refractivity contribution in [1.29, 1.82) is 5.26 Å². The molecule has 0 aromatic heterocycles. The minimum absolute atomic E-state index is 0.0332. The summed E-state index contributed by atoms with van der Waals surface area (Å²) < 4.78 is 17.8. The lowest BCUT2D eigenvalue weighted by molar-refractivity contribution is -0.135. The van der Waals surface area contributed by atoms with Crippen molar-refractivity contribution in [1.82, 2.24) is 21.5 Å². The van der Waals surface area contributed by atoms with Gasteiger partial charge in [-0.05, 0) is 43.9 Å². The Morgan fingerprint density at radius 2 is 1.61 bits per heavy atom. The zero-order chi connectivity index (χ0) is 26.5. The molecule has 0 aromatic rings. The molecule has 0 heterocycles. The van der Waals surface area contributed by atoms with Gasteiger partial charge in [0, 0.05) is 0 Å². The molecule has 4 N–H and O–H groups in total. The number of carbonyl (C=O) groups is 4. The molecule has 202 valence electrons. The van der Waals surface area contributed by atoms with Crippen molar-refractivity contribution in [3.8, 4) is 6.26 Å². The summed E-state index contributed by atoms with van der Waals surface area (Å²) >= 11 is 0. The molecule has 4 atom stereocenters. The van der Waals surface area contributed by atoms with E-state index in [1.807, 2.05) is 13.8 Å². The highest BCUT2D eigenvalue weighted by molar-refractivity contribution is 5.92. The average molecular weight is 510 g/mol. The molecule has 2 aliphatic rings. The van der Waals surface area contributed by atoms with Crippen LogP contribution in [0, 0.1) is 29.3 Å². The highest BCUT2D eigenvalue weighted by Gasteiger charge is 2.35. The lowest BCUT2D eigenvalue weighted by Gasteiger charge is -2.31. The molecule has 11 heteroatoms. The van der Waals surface area contributed by atoms with Crippen molar-refractivity contribution in [2.75, 3.05) is 6.54 Å². The predicted molar refractivity (Wildman–Crippen MR) is 129 cm³/mol. The van der Waals surface area contributed by atoms with Crippen molar-refractivity contribution in [3.63, 3.8) is 0 Å². The molecule has 0 saturated heterocycles. The van der Waals surface area contributed by atoms with Crippen LogP contribution in [-0.2, 0) is 23.9 Å². The Balaban J connectivity index is 2.01. The average Bonchev–Trinajstić information content (AvgIpc) is 2.86. The third kappa shape index (κ3) is 9.63. The van der Waals surface area contributed by atoms with Gasteiger partial charge in [-0.3, -0.25) is 19.2 Å². The van der Waals surface area contributed by atoms with E-state index in [0.29, 0.717) is 19.3 Å². The first kappa shape index (κ1) is 29.3. The molecule has 2 aliphatic carbocycles. The second-order valence-electron chi connectivity index (χ2n) is 10.4. The van der Waals surface area contributed by atoms with Gasteiger partial charge in [-0.2, -0.15) is 10.8 Å². The number of nitrogens with zero attached hydrogens (tertiary/aromatic N) is 1. The third-order valence-electron chi connectivity index (χ3n) is 7.05. The van der Waals surface area contributed by atoms with Crippen molar-refractivity contribution >= 4 is 23.6 Å². The summed E-state index contributed by atoms with van der Waals surface area (Å²) in [7, 11) is 0. The van der Waals surface area contributed by atoms with Crippen LogP contribution in [0.4, 0.5) is 4.48 Å². The van der Waals surface area contributed by atoms with Gasteiger partial charge in [0.15, 0.2) is 0 Å². The van der Waals surface area contributed by atoms with Crippen molar-refractivity contribution in [2.24, 2.45) is 17.8 Å². The van der Waals surface area contributed by atoms with Gasteiger partial charge in [0.05, 0.1) is 12.5 Å². The Kier molecular flexibility index (Phi) is 12.4. The largest absolute Gasteiger partial charge is 0.423 e. The van der Waals surface area contributed by atoms with Crippen LogP contribution in [0.1, 0.15) is 84.5 Å². The summed E-state index contributed by atoms with van der Waals surface area (Å²) in [5, 5.41) is 16.8. The molecule has 0 aliphatic heterocycles. The first-order valence-corrected chi connectivity index (χ1v) is 13.1. The number of nitrogens with one attached hydrogen (secondary N) is 4. The number of rotatable bonds is 12. The highest BCUT2D eigenvalue weighted by Crippen LogP contribution is 2.29. The molecule has 0 aromatic carbocycles. The number of carbonyl (C=O) groups excluding carboxylic acids is 4. The minimum atomic E-state index is -1.06. The molecule has 2 fully saturated rings. The predicted octanol–water partition coefficient (Wildman–Crippen LogP) is 2.15. The van der Waals surface area contributed by atoms with Gasteiger partial charge < -0.3 is 20.7 Å². The molecule has 10 nitrogen and oxygen atoms in total. The molecule has 0 bridgehead atoms. The van der Waals surface area contributed by atoms with E-state index >= 15 is 0 Å². The summed E-state index contributed by atoms with van der Waals surface area (Å²) in [6, 6.07) is -1.89. The Morgan fingerprint density at radius 1 is 0.944 bits per heavy atom. The standard InChI is InChI=1S/C25H40FN5O5/c1-16(2)12-19(25(35)31-26)29-22(32)14-28-24(34)20(13-17-8-4-3-5-9-17)30-23(33)18-10-6-7-11-21(18)36-15-27/h16-21H,3-14H2,1-2H3,(H,28,34)(H,29,32)(H,30,33)(H,31,35)/t18?,19-,20-,21?/m0/s1. The molecule has 36 heavy (non-hydrogen) atoms. The molecular formula is C25H40FN5O5. The van der Waals surface area contributed by atoms with Gasteiger partial charge in [-0.25, -0.2) is 0 Å². The Bertz CT molecular complexity index is 796. The molecule has 2 saturated carbocycles. The number of hydrogen-bond acceptors (Lipinski definition) is 6. The minimum Gasteiger partial charge on any atom is -0.423 e. The van der Waals surface area contributed by atoms with E-state index in [4.69, 9.17) is 10.00 Å². The fourth-order valence-corrected chi connectivity index (χ4v) is 5.18. The van der Waals surface area contributed by atoms with Crippen LogP contribution in [0.5, 0.6) is 0 Å². The first-order chi connectivity index (χ1) is 17.2. The maximum atomic E-state index is 13.1. The van der Waals surface area contributed by atoms with E-state index in [9.17, 15) is 23.7 Å². The number of hydrogen-bond donors (Lipinski definition) is 4.